The molecule has 8 nitrogen and oxygen atoms in total. The number of H-pyrrole nitrogens is 1. The number of thioether (sulfide) groups is 1. The predicted octanol–water partition coefficient (Wildman–Crippen LogP) is 6.02. The molecule has 3 aromatic carbocycles. The maximum Gasteiger partial charge on any atom is 0.305 e. The minimum atomic E-state index is -0.370. The Labute approximate surface area is 268 Å². The standard InChI is InChI=1S/C35H32N2O6S2/c1-17-4-6-18(7-5-17)16-43-24-13-8-19(14-25(24)42-3)26-27-22-15-23(30(27)44-32-31(26)45-35(40)36-32)29-28(22)33(38)37(34(29)39)20-9-11-21(41-2)12-10-20/h4-14,22-23,26-30H,15-16H2,1-3H3,(H,36,40)/t22-,23-,26?,27?,28?,29?,30?/m1/s1. The van der Waals surface area contributed by atoms with Crippen LogP contribution in [-0.2, 0) is 16.2 Å². The first kappa shape index (κ1) is 28.5. The van der Waals surface area contributed by atoms with Crippen LogP contribution in [0.3, 0.4) is 0 Å². The number of carbonyl (C=O) groups excluding carboxylic acids is 2. The molecule has 2 aliphatic carbocycles. The van der Waals surface area contributed by atoms with E-state index in [2.05, 4.69) is 42.2 Å². The molecule has 7 atom stereocenters. The van der Waals surface area contributed by atoms with E-state index >= 15 is 0 Å². The van der Waals surface area contributed by atoms with Gasteiger partial charge >= 0.3 is 4.87 Å². The molecule has 10 heteroatoms. The highest BCUT2D eigenvalue weighted by Gasteiger charge is 2.69. The van der Waals surface area contributed by atoms with Crippen molar-refractivity contribution in [2.75, 3.05) is 19.1 Å². The van der Waals surface area contributed by atoms with Crippen LogP contribution >= 0.6 is 23.1 Å². The normalized spacial score (nSPS) is 27.7. The highest BCUT2D eigenvalue weighted by molar-refractivity contribution is 8.00. The summed E-state index contributed by atoms with van der Waals surface area (Å²) in [5, 5.41) is 0.984. The summed E-state index contributed by atoms with van der Waals surface area (Å²) in [5.74, 6) is 1.05. The van der Waals surface area contributed by atoms with Crippen LogP contribution in [0.2, 0.25) is 0 Å². The molecule has 4 aromatic rings. The first-order chi connectivity index (χ1) is 21.9. The number of aromatic nitrogens is 1. The van der Waals surface area contributed by atoms with Crippen LogP contribution in [0.5, 0.6) is 17.2 Å². The number of aryl methyl sites for hydroxylation is 1. The van der Waals surface area contributed by atoms with Gasteiger partial charge in [0, 0.05) is 16.0 Å². The summed E-state index contributed by atoms with van der Waals surface area (Å²) in [6.07, 6.45) is 0.830. The van der Waals surface area contributed by atoms with E-state index in [4.69, 9.17) is 14.2 Å². The second-order valence-electron chi connectivity index (χ2n) is 12.4. The zero-order valence-electron chi connectivity index (χ0n) is 25.0. The lowest BCUT2D eigenvalue weighted by molar-refractivity contribution is -0.123. The number of thiazole rings is 1. The molecule has 5 unspecified atom stereocenters. The van der Waals surface area contributed by atoms with E-state index < -0.39 is 0 Å². The smallest absolute Gasteiger partial charge is 0.305 e. The van der Waals surface area contributed by atoms with Gasteiger partial charge in [0.05, 0.1) is 36.8 Å². The molecule has 1 saturated heterocycles. The number of aromatic amines is 1. The molecule has 3 heterocycles. The lowest BCUT2D eigenvalue weighted by atomic mass is 9.68. The van der Waals surface area contributed by atoms with E-state index in [0.717, 1.165) is 27.5 Å². The van der Waals surface area contributed by atoms with Crippen molar-refractivity contribution in [3.63, 3.8) is 0 Å². The monoisotopic (exact) mass is 640 g/mol. The van der Waals surface area contributed by atoms with Crippen molar-refractivity contribution < 1.29 is 23.8 Å². The molecule has 45 heavy (non-hydrogen) atoms. The fraction of sp³-hybridized carbons (Fsp3) is 0.343. The molecule has 2 aliphatic heterocycles. The van der Waals surface area contributed by atoms with Crippen LogP contribution in [0.4, 0.5) is 5.69 Å². The van der Waals surface area contributed by atoms with Crippen molar-refractivity contribution >= 4 is 40.6 Å². The van der Waals surface area contributed by atoms with Gasteiger partial charge in [0.15, 0.2) is 11.5 Å². The van der Waals surface area contributed by atoms with E-state index in [1.807, 2.05) is 12.1 Å². The fourth-order valence-electron chi connectivity index (χ4n) is 8.22. The van der Waals surface area contributed by atoms with Gasteiger partial charge in [-0.3, -0.25) is 19.3 Å². The molecule has 0 spiro atoms. The molecule has 2 saturated carbocycles. The number of nitrogens with one attached hydrogen (secondary N) is 1. The number of carbonyl (C=O) groups is 2. The third-order valence-corrected chi connectivity index (χ3v) is 12.7. The number of fused-ring (bicyclic) bond motifs is 9. The number of ether oxygens (including phenoxy) is 3. The molecular weight excluding hydrogens is 609 g/mol. The molecule has 2 bridgehead atoms. The van der Waals surface area contributed by atoms with Crippen molar-refractivity contribution in [3.05, 3.63) is 98.0 Å². The first-order valence-corrected chi connectivity index (χ1v) is 16.8. The predicted molar refractivity (Wildman–Crippen MR) is 172 cm³/mol. The van der Waals surface area contributed by atoms with Gasteiger partial charge in [-0.05, 0) is 78.6 Å². The van der Waals surface area contributed by atoms with Gasteiger partial charge in [0.1, 0.15) is 12.4 Å². The average Bonchev–Trinajstić information content (AvgIpc) is 3.79. The summed E-state index contributed by atoms with van der Waals surface area (Å²) < 4.78 is 17.3. The Balaban J connectivity index is 1.13. The van der Waals surface area contributed by atoms with E-state index in [1.165, 1.54) is 21.8 Å². The average molecular weight is 641 g/mol. The number of amides is 2. The second kappa shape index (κ2) is 10.8. The number of hydrogen-bond acceptors (Lipinski definition) is 8. The zero-order valence-corrected chi connectivity index (χ0v) is 26.7. The molecule has 3 fully saturated rings. The van der Waals surface area contributed by atoms with Crippen LogP contribution in [0, 0.1) is 36.5 Å². The van der Waals surface area contributed by atoms with Gasteiger partial charge < -0.3 is 19.2 Å². The molecule has 2 amide bonds. The maximum atomic E-state index is 14.0. The highest BCUT2D eigenvalue weighted by atomic mass is 32.2. The first-order valence-electron chi connectivity index (χ1n) is 15.1. The molecule has 1 aromatic heterocycles. The Bertz CT molecular complexity index is 1870. The molecule has 1 N–H and O–H groups in total. The van der Waals surface area contributed by atoms with Crippen LogP contribution < -0.4 is 24.0 Å². The summed E-state index contributed by atoms with van der Waals surface area (Å²) in [6.45, 7) is 2.47. The minimum absolute atomic E-state index is 0.0241. The third-order valence-electron chi connectivity index (χ3n) is 10.1. The quantitative estimate of drug-likeness (QED) is 0.247. The van der Waals surface area contributed by atoms with Crippen LogP contribution in [0.1, 0.15) is 33.9 Å². The summed E-state index contributed by atoms with van der Waals surface area (Å²) in [6, 6.07) is 21.4. The van der Waals surface area contributed by atoms with Gasteiger partial charge in [-0.15, -0.1) is 11.8 Å². The Morgan fingerprint density at radius 2 is 1.60 bits per heavy atom. The second-order valence-corrected chi connectivity index (χ2v) is 14.6. The largest absolute Gasteiger partial charge is 0.497 e. The van der Waals surface area contributed by atoms with E-state index in [0.29, 0.717) is 29.5 Å². The van der Waals surface area contributed by atoms with Crippen molar-refractivity contribution in [1.29, 1.82) is 0 Å². The van der Waals surface area contributed by atoms with E-state index in [-0.39, 0.29) is 57.4 Å². The summed E-state index contributed by atoms with van der Waals surface area (Å²) in [5.41, 5.74) is 3.87. The number of benzene rings is 3. The van der Waals surface area contributed by atoms with E-state index in [9.17, 15) is 14.4 Å². The van der Waals surface area contributed by atoms with Gasteiger partial charge in [-0.1, -0.05) is 47.2 Å². The molecular formula is C35H32N2O6S2. The Hall–Kier alpha value is -4.02. The molecule has 230 valence electrons. The zero-order chi connectivity index (χ0) is 31.0. The number of anilines is 1. The number of methoxy groups -OCH3 is 2. The number of nitrogens with zero attached hydrogens (tertiary/aromatic N) is 1. The van der Waals surface area contributed by atoms with Gasteiger partial charge in [0.25, 0.3) is 0 Å². The molecule has 4 aliphatic rings. The van der Waals surface area contributed by atoms with Crippen molar-refractivity contribution in [3.8, 4) is 17.2 Å². The Kier molecular flexibility index (Phi) is 6.83. The lowest BCUT2D eigenvalue weighted by Gasteiger charge is -2.43. The van der Waals surface area contributed by atoms with Crippen molar-refractivity contribution in [2.45, 2.75) is 36.1 Å². The summed E-state index contributed by atoms with van der Waals surface area (Å²) in [7, 11) is 3.23. The van der Waals surface area contributed by atoms with Crippen molar-refractivity contribution in [2.24, 2.45) is 29.6 Å². The highest BCUT2D eigenvalue weighted by Crippen LogP contribution is 2.68. The third kappa shape index (κ3) is 4.44. The molecule has 8 rings (SSSR count). The van der Waals surface area contributed by atoms with Crippen LogP contribution in [0.25, 0.3) is 0 Å². The Morgan fingerprint density at radius 3 is 2.31 bits per heavy atom. The topological polar surface area (TPSA) is 97.9 Å². The van der Waals surface area contributed by atoms with Crippen molar-refractivity contribution in [1.82, 2.24) is 4.98 Å². The maximum absolute atomic E-state index is 14.0. The number of hydrogen-bond donors (Lipinski definition) is 1. The van der Waals surface area contributed by atoms with Crippen LogP contribution in [-0.4, -0.2) is 36.3 Å². The molecule has 0 radical (unpaired) electrons. The number of imide groups is 1. The minimum Gasteiger partial charge on any atom is -0.497 e. The Morgan fingerprint density at radius 1 is 0.867 bits per heavy atom. The fourth-order valence-corrected chi connectivity index (χ4v) is 11.1. The van der Waals surface area contributed by atoms with Crippen LogP contribution in [0.15, 0.2) is 76.6 Å². The summed E-state index contributed by atoms with van der Waals surface area (Å²) >= 11 is 2.93. The number of rotatable bonds is 7. The van der Waals surface area contributed by atoms with E-state index in [1.54, 1.807) is 50.2 Å². The lowest BCUT2D eigenvalue weighted by Crippen LogP contribution is -2.42. The van der Waals surface area contributed by atoms with Gasteiger partial charge in [-0.25, -0.2) is 0 Å². The van der Waals surface area contributed by atoms with Gasteiger partial charge in [0.2, 0.25) is 11.8 Å². The SMILES string of the molecule is COc1ccc(N2C(=O)C3C(C2=O)[C@@H]2C[C@H]3C3Sc4[nH]c(=O)sc4C(c4ccc(OCc5ccc(C)cc5)c(OC)c4)C32)cc1. The summed E-state index contributed by atoms with van der Waals surface area (Å²) in [4.78, 5) is 46.0. The van der Waals surface area contributed by atoms with Gasteiger partial charge in [-0.2, -0.15) is 0 Å².